The number of ether oxygens (including phenoxy) is 1. The predicted octanol–water partition coefficient (Wildman–Crippen LogP) is 5.13. The maximum atomic E-state index is 12.9. The van der Waals surface area contributed by atoms with Gasteiger partial charge in [-0.3, -0.25) is 14.2 Å². The molecule has 3 aromatic rings. The highest BCUT2D eigenvalue weighted by Crippen LogP contribution is 2.29. The van der Waals surface area contributed by atoms with Crippen molar-refractivity contribution in [2.45, 2.75) is 31.3 Å². The van der Waals surface area contributed by atoms with E-state index in [-0.39, 0.29) is 11.3 Å². The molecule has 7 heteroatoms. The zero-order valence-corrected chi connectivity index (χ0v) is 17.8. The van der Waals surface area contributed by atoms with E-state index in [1.807, 2.05) is 13.0 Å². The number of hydrogen-bond acceptors (Lipinski definition) is 5. The molecule has 3 rings (SSSR count). The Morgan fingerprint density at radius 1 is 1.31 bits per heavy atom. The number of benzene rings is 2. The first kappa shape index (κ1) is 21.1. The average Bonchev–Trinajstić information content (AvgIpc) is 2.69. The Balaban J connectivity index is 2.03. The fourth-order valence-electron chi connectivity index (χ4n) is 2.92. The number of Topliss-reactive ketones (excluding diaryl/α,β-unsaturated/α-hetero) is 1. The first-order valence-electron chi connectivity index (χ1n) is 9.15. The lowest BCUT2D eigenvalue weighted by atomic mass is 10.1. The molecular formula is C22H21ClN2O3S. The Kier molecular flexibility index (Phi) is 6.77. The standard InChI is InChI=1S/C22H21ClN2O3S/c1-4-10-25-21(27)18-8-7-17(23)12-19(18)24-22(25)29-13-16-11-15(14(3)26)6-9-20(16)28-5-2/h4,6-9,11-12H,1,5,10,13H2,2-3H3. The molecule has 0 N–H and O–H groups in total. The van der Waals surface area contributed by atoms with Gasteiger partial charge in [0.1, 0.15) is 5.75 Å². The van der Waals surface area contributed by atoms with E-state index >= 15 is 0 Å². The molecule has 29 heavy (non-hydrogen) atoms. The van der Waals surface area contributed by atoms with E-state index in [4.69, 9.17) is 16.3 Å². The fraction of sp³-hybridized carbons (Fsp3) is 0.227. The van der Waals surface area contributed by atoms with Crippen LogP contribution in [0.4, 0.5) is 0 Å². The van der Waals surface area contributed by atoms with Crippen molar-refractivity contribution in [1.29, 1.82) is 0 Å². The molecule has 2 aromatic carbocycles. The Morgan fingerprint density at radius 2 is 2.10 bits per heavy atom. The number of nitrogens with zero attached hydrogens (tertiary/aromatic N) is 2. The molecule has 0 atom stereocenters. The zero-order chi connectivity index (χ0) is 21.0. The summed E-state index contributed by atoms with van der Waals surface area (Å²) in [5.74, 6) is 1.19. The second-order valence-corrected chi connectivity index (χ2v) is 7.74. The number of carbonyl (C=O) groups excluding carboxylic acids is 1. The van der Waals surface area contributed by atoms with Crippen LogP contribution in [0.1, 0.15) is 29.8 Å². The number of hydrogen-bond donors (Lipinski definition) is 0. The molecule has 150 valence electrons. The molecule has 0 amide bonds. The van der Waals surface area contributed by atoms with Crippen molar-refractivity contribution in [3.63, 3.8) is 0 Å². The summed E-state index contributed by atoms with van der Waals surface area (Å²) in [5.41, 5.74) is 1.89. The van der Waals surface area contributed by atoms with Crippen LogP contribution >= 0.6 is 23.4 Å². The average molecular weight is 429 g/mol. The summed E-state index contributed by atoms with van der Waals surface area (Å²) in [7, 11) is 0. The van der Waals surface area contributed by atoms with Crippen LogP contribution < -0.4 is 10.3 Å². The molecule has 1 aromatic heterocycles. The Hall–Kier alpha value is -2.57. The van der Waals surface area contributed by atoms with Crippen LogP contribution in [-0.2, 0) is 12.3 Å². The van der Waals surface area contributed by atoms with E-state index in [0.29, 0.717) is 51.3 Å². The molecular weight excluding hydrogens is 408 g/mol. The second kappa shape index (κ2) is 9.29. The quantitative estimate of drug-likeness (QED) is 0.215. The van der Waals surface area contributed by atoms with Crippen LogP contribution in [-0.4, -0.2) is 21.9 Å². The van der Waals surface area contributed by atoms with Gasteiger partial charge >= 0.3 is 0 Å². The molecule has 0 fully saturated rings. The van der Waals surface area contributed by atoms with Crippen molar-refractivity contribution in [1.82, 2.24) is 9.55 Å². The molecule has 1 heterocycles. The SMILES string of the molecule is C=CCn1c(SCc2cc(C(C)=O)ccc2OCC)nc2cc(Cl)ccc2c1=O. The van der Waals surface area contributed by atoms with Gasteiger partial charge in [-0.1, -0.05) is 29.4 Å². The number of ketones is 1. The molecule has 0 saturated heterocycles. The van der Waals surface area contributed by atoms with Crippen LogP contribution in [0.25, 0.3) is 10.9 Å². The summed E-state index contributed by atoms with van der Waals surface area (Å²) in [6.45, 7) is 8.05. The normalized spacial score (nSPS) is 10.9. The van der Waals surface area contributed by atoms with E-state index < -0.39 is 0 Å². The van der Waals surface area contributed by atoms with Crippen molar-refractivity contribution < 1.29 is 9.53 Å². The van der Waals surface area contributed by atoms with E-state index in [0.717, 1.165) is 5.56 Å². The number of rotatable bonds is 8. The summed E-state index contributed by atoms with van der Waals surface area (Å²) < 4.78 is 7.29. The number of aromatic nitrogens is 2. The van der Waals surface area contributed by atoms with Gasteiger partial charge in [0, 0.05) is 28.4 Å². The lowest BCUT2D eigenvalue weighted by Gasteiger charge is -2.14. The molecule has 0 unspecified atom stereocenters. The van der Waals surface area contributed by atoms with Crippen LogP contribution in [0.3, 0.4) is 0 Å². The number of halogens is 1. The van der Waals surface area contributed by atoms with Crippen molar-refractivity contribution in [3.05, 3.63) is 75.6 Å². The van der Waals surface area contributed by atoms with Crippen molar-refractivity contribution >= 4 is 40.0 Å². The molecule has 0 radical (unpaired) electrons. The molecule has 0 aliphatic rings. The van der Waals surface area contributed by atoms with Crippen LogP contribution in [0, 0.1) is 0 Å². The van der Waals surface area contributed by atoms with Gasteiger partial charge in [-0.15, -0.1) is 6.58 Å². The van der Waals surface area contributed by atoms with Crippen LogP contribution in [0.5, 0.6) is 5.75 Å². The largest absolute Gasteiger partial charge is 0.494 e. The smallest absolute Gasteiger partial charge is 0.262 e. The van der Waals surface area contributed by atoms with E-state index in [2.05, 4.69) is 11.6 Å². The van der Waals surface area contributed by atoms with Crippen LogP contribution in [0.15, 0.2) is 59.0 Å². The van der Waals surface area contributed by atoms with E-state index in [9.17, 15) is 9.59 Å². The second-order valence-electron chi connectivity index (χ2n) is 6.36. The van der Waals surface area contributed by atoms with E-state index in [1.165, 1.54) is 18.7 Å². The Labute approximate surface area is 178 Å². The van der Waals surface area contributed by atoms with Crippen molar-refractivity contribution in [2.75, 3.05) is 6.61 Å². The lowest BCUT2D eigenvalue weighted by Crippen LogP contribution is -2.22. The first-order valence-corrected chi connectivity index (χ1v) is 10.5. The monoisotopic (exact) mass is 428 g/mol. The zero-order valence-electron chi connectivity index (χ0n) is 16.3. The molecule has 5 nitrogen and oxygen atoms in total. The maximum absolute atomic E-state index is 12.9. The first-order chi connectivity index (χ1) is 13.9. The maximum Gasteiger partial charge on any atom is 0.262 e. The highest BCUT2D eigenvalue weighted by Gasteiger charge is 2.14. The molecule has 0 aliphatic heterocycles. The minimum atomic E-state index is -0.142. The number of thioether (sulfide) groups is 1. The number of fused-ring (bicyclic) bond motifs is 1. The molecule has 0 spiro atoms. The molecule has 0 aliphatic carbocycles. The third-order valence-electron chi connectivity index (χ3n) is 4.32. The van der Waals surface area contributed by atoms with Crippen molar-refractivity contribution in [2.24, 2.45) is 0 Å². The van der Waals surface area contributed by atoms with Gasteiger partial charge in [-0.25, -0.2) is 4.98 Å². The predicted molar refractivity (Wildman–Crippen MR) is 118 cm³/mol. The van der Waals surface area contributed by atoms with Gasteiger partial charge in [0.2, 0.25) is 0 Å². The molecule has 0 saturated carbocycles. The van der Waals surface area contributed by atoms with Gasteiger partial charge in [0.05, 0.1) is 17.5 Å². The van der Waals surface area contributed by atoms with Gasteiger partial charge < -0.3 is 4.74 Å². The number of allylic oxidation sites excluding steroid dienone is 1. The minimum absolute atomic E-state index is 0.0127. The Morgan fingerprint density at radius 3 is 2.79 bits per heavy atom. The summed E-state index contributed by atoms with van der Waals surface area (Å²) in [6.07, 6.45) is 1.66. The van der Waals surface area contributed by atoms with Gasteiger partial charge in [-0.2, -0.15) is 0 Å². The summed E-state index contributed by atoms with van der Waals surface area (Å²) >= 11 is 7.48. The van der Waals surface area contributed by atoms with Crippen LogP contribution in [0.2, 0.25) is 5.02 Å². The van der Waals surface area contributed by atoms with E-state index in [1.54, 1.807) is 41.0 Å². The third kappa shape index (κ3) is 4.71. The Bertz CT molecular complexity index is 1140. The van der Waals surface area contributed by atoms with Gasteiger partial charge in [0.15, 0.2) is 10.9 Å². The van der Waals surface area contributed by atoms with Gasteiger partial charge in [0.25, 0.3) is 5.56 Å². The highest BCUT2D eigenvalue weighted by atomic mass is 35.5. The highest BCUT2D eigenvalue weighted by molar-refractivity contribution is 7.98. The lowest BCUT2D eigenvalue weighted by molar-refractivity contribution is 0.101. The van der Waals surface area contributed by atoms with Crippen molar-refractivity contribution in [3.8, 4) is 5.75 Å². The number of carbonyl (C=O) groups is 1. The minimum Gasteiger partial charge on any atom is -0.494 e. The fourth-order valence-corrected chi connectivity index (χ4v) is 4.08. The summed E-state index contributed by atoms with van der Waals surface area (Å²) in [4.78, 5) is 29.3. The summed E-state index contributed by atoms with van der Waals surface area (Å²) in [6, 6.07) is 10.4. The topological polar surface area (TPSA) is 61.2 Å². The van der Waals surface area contributed by atoms with Gasteiger partial charge in [-0.05, 0) is 50.2 Å². The summed E-state index contributed by atoms with van der Waals surface area (Å²) in [5, 5.41) is 1.59. The molecule has 0 bridgehead atoms. The third-order valence-corrected chi connectivity index (χ3v) is 5.58.